The highest BCUT2D eigenvalue weighted by atomic mass is 16.9. The second kappa shape index (κ2) is 4.68. The van der Waals surface area contributed by atoms with Crippen molar-refractivity contribution in [1.29, 1.82) is 0 Å². The van der Waals surface area contributed by atoms with Crippen molar-refractivity contribution in [2.45, 2.75) is 25.4 Å². The Bertz CT molecular complexity index is 432. The van der Waals surface area contributed by atoms with Crippen molar-refractivity contribution in [2.24, 2.45) is 0 Å². The Morgan fingerprint density at radius 3 is 2.50 bits per heavy atom. The van der Waals surface area contributed by atoms with Crippen LogP contribution in [0.3, 0.4) is 0 Å². The fourth-order valence-electron chi connectivity index (χ4n) is 1.91. The molecule has 0 aliphatic carbocycles. The average molecular weight is 252 g/mol. The normalized spacial score (nSPS) is 29.9. The largest absolute Gasteiger partial charge is 0.462 e. The lowest BCUT2D eigenvalue weighted by molar-refractivity contribution is -0.166. The number of ether oxygens (including phenoxy) is 3. The second-order valence-electron chi connectivity index (χ2n) is 3.88. The van der Waals surface area contributed by atoms with Gasteiger partial charge < -0.3 is 14.6 Å². The van der Waals surface area contributed by atoms with Crippen molar-refractivity contribution in [3.05, 3.63) is 35.9 Å². The highest BCUT2D eigenvalue weighted by molar-refractivity contribution is 5.82. The summed E-state index contributed by atoms with van der Waals surface area (Å²) in [6, 6.07) is 8.85. The van der Waals surface area contributed by atoms with Crippen LogP contribution in [-0.2, 0) is 24.8 Å². The highest BCUT2D eigenvalue weighted by Crippen LogP contribution is 2.55. The fraction of sp³-hybridized carbons (Fsp3) is 0.462. The number of hydrogen-bond donors (Lipinski definition) is 1. The summed E-state index contributed by atoms with van der Waals surface area (Å²) < 4.78 is 15.4. The third kappa shape index (κ3) is 1.80. The van der Waals surface area contributed by atoms with Crippen LogP contribution in [0.2, 0.25) is 0 Å². The van der Waals surface area contributed by atoms with Crippen LogP contribution in [0.1, 0.15) is 19.4 Å². The Hall–Kier alpha value is -1.43. The molecule has 1 aliphatic rings. The monoisotopic (exact) mass is 252 g/mol. The molecule has 1 saturated heterocycles. The molecule has 5 nitrogen and oxygen atoms in total. The summed E-state index contributed by atoms with van der Waals surface area (Å²) in [5, 5.41) is 10.2. The molecule has 0 aromatic heterocycles. The molecule has 2 unspecified atom stereocenters. The molecule has 18 heavy (non-hydrogen) atoms. The number of benzene rings is 1. The molecule has 2 rings (SSSR count). The Morgan fingerprint density at radius 1 is 1.28 bits per heavy atom. The fourth-order valence-corrected chi connectivity index (χ4v) is 1.91. The Morgan fingerprint density at radius 2 is 1.94 bits per heavy atom. The van der Waals surface area contributed by atoms with Crippen LogP contribution >= 0.6 is 0 Å². The molecule has 1 fully saturated rings. The van der Waals surface area contributed by atoms with E-state index in [1.54, 1.807) is 38.1 Å². The molecule has 2 atom stereocenters. The van der Waals surface area contributed by atoms with E-state index in [9.17, 15) is 9.90 Å². The Kier molecular flexibility index (Phi) is 3.38. The zero-order chi connectivity index (χ0) is 13.2. The molecule has 1 aromatic carbocycles. The molecule has 1 heterocycles. The van der Waals surface area contributed by atoms with Gasteiger partial charge in [-0.2, -0.15) is 0 Å². The smallest absolute Gasteiger partial charge is 0.373 e. The lowest BCUT2D eigenvalue weighted by Gasteiger charge is -2.15. The third-order valence-electron chi connectivity index (χ3n) is 2.75. The lowest BCUT2D eigenvalue weighted by atomic mass is 10.0. The van der Waals surface area contributed by atoms with E-state index in [-0.39, 0.29) is 6.61 Å². The van der Waals surface area contributed by atoms with Crippen LogP contribution in [0.4, 0.5) is 0 Å². The van der Waals surface area contributed by atoms with Gasteiger partial charge in [-0.15, -0.1) is 0 Å². The van der Waals surface area contributed by atoms with Crippen molar-refractivity contribution in [2.75, 3.05) is 13.2 Å². The predicted octanol–water partition coefficient (Wildman–Crippen LogP) is 1.16. The first-order valence-electron chi connectivity index (χ1n) is 5.90. The van der Waals surface area contributed by atoms with Crippen LogP contribution in [0.5, 0.6) is 0 Å². The van der Waals surface area contributed by atoms with Gasteiger partial charge in [0, 0.05) is 12.2 Å². The van der Waals surface area contributed by atoms with Gasteiger partial charge in [-0.3, -0.25) is 4.74 Å². The van der Waals surface area contributed by atoms with Gasteiger partial charge in [-0.1, -0.05) is 30.3 Å². The van der Waals surface area contributed by atoms with Gasteiger partial charge in [0.25, 0.3) is 5.79 Å². The molecular weight excluding hydrogens is 236 g/mol. The Labute approximate surface area is 105 Å². The van der Waals surface area contributed by atoms with Crippen LogP contribution in [0, 0.1) is 0 Å². The molecule has 0 bridgehead atoms. The maximum absolute atomic E-state index is 11.7. The van der Waals surface area contributed by atoms with Gasteiger partial charge in [0.05, 0.1) is 6.61 Å². The van der Waals surface area contributed by atoms with Crippen molar-refractivity contribution < 1.29 is 24.1 Å². The minimum Gasteiger partial charge on any atom is -0.462 e. The molecule has 1 N–H and O–H groups in total. The molecule has 1 aliphatic heterocycles. The topological polar surface area (TPSA) is 68.3 Å². The summed E-state index contributed by atoms with van der Waals surface area (Å²) in [4.78, 5) is 11.7. The maximum atomic E-state index is 11.7. The lowest BCUT2D eigenvalue weighted by Crippen LogP contribution is -2.36. The number of carbonyl (C=O) groups is 1. The first kappa shape index (κ1) is 13.0. The van der Waals surface area contributed by atoms with E-state index >= 15 is 0 Å². The van der Waals surface area contributed by atoms with Crippen LogP contribution < -0.4 is 0 Å². The number of carbonyl (C=O) groups excluding carboxylic acids is 1. The second-order valence-corrected chi connectivity index (χ2v) is 3.88. The standard InChI is InChI=1S/C13H16O5/c1-3-16-11(14)12(15)13(18-12,17-4-2)10-8-6-5-7-9-10/h5-9,15H,3-4H2,1-2H3. The third-order valence-corrected chi connectivity index (χ3v) is 2.75. The predicted molar refractivity (Wildman–Crippen MR) is 62.4 cm³/mol. The van der Waals surface area contributed by atoms with Gasteiger partial charge in [-0.05, 0) is 13.8 Å². The summed E-state index contributed by atoms with van der Waals surface area (Å²) in [6.45, 7) is 3.89. The minimum atomic E-state index is -2.06. The molecular formula is C13H16O5. The zero-order valence-electron chi connectivity index (χ0n) is 10.4. The molecule has 1 aromatic rings. The number of epoxide rings is 1. The van der Waals surface area contributed by atoms with Gasteiger partial charge in [0.2, 0.25) is 0 Å². The van der Waals surface area contributed by atoms with Crippen LogP contribution in [-0.4, -0.2) is 30.1 Å². The van der Waals surface area contributed by atoms with Crippen LogP contribution in [0.25, 0.3) is 0 Å². The first-order chi connectivity index (χ1) is 8.60. The summed E-state index contributed by atoms with van der Waals surface area (Å²) in [6.07, 6.45) is 0. The van der Waals surface area contributed by atoms with Gasteiger partial charge in [0.1, 0.15) is 0 Å². The van der Waals surface area contributed by atoms with Gasteiger partial charge in [0.15, 0.2) is 0 Å². The van der Waals surface area contributed by atoms with Gasteiger partial charge >= 0.3 is 11.8 Å². The van der Waals surface area contributed by atoms with Gasteiger partial charge in [-0.25, -0.2) is 4.79 Å². The molecule has 0 radical (unpaired) electrons. The van der Waals surface area contributed by atoms with Crippen molar-refractivity contribution in [1.82, 2.24) is 0 Å². The number of hydrogen-bond acceptors (Lipinski definition) is 5. The number of rotatable bonds is 5. The van der Waals surface area contributed by atoms with E-state index in [0.29, 0.717) is 12.2 Å². The van der Waals surface area contributed by atoms with E-state index in [4.69, 9.17) is 14.2 Å². The minimum absolute atomic E-state index is 0.168. The number of aliphatic hydroxyl groups is 1. The quantitative estimate of drug-likeness (QED) is 0.629. The molecule has 5 heteroatoms. The van der Waals surface area contributed by atoms with E-state index in [0.717, 1.165) is 0 Å². The average Bonchev–Trinajstić information content (AvgIpc) is 2.99. The van der Waals surface area contributed by atoms with Crippen molar-refractivity contribution >= 4 is 5.97 Å². The summed E-state index contributed by atoms with van der Waals surface area (Å²) in [5.74, 6) is -4.34. The maximum Gasteiger partial charge on any atom is 0.373 e. The molecule has 0 amide bonds. The molecule has 0 saturated carbocycles. The molecule has 98 valence electrons. The Balaban J connectivity index is 2.30. The SMILES string of the molecule is CCOC(=O)C1(O)OC1(OCC)c1ccccc1. The first-order valence-corrected chi connectivity index (χ1v) is 5.90. The molecule has 0 spiro atoms. The zero-order valence-corrected chi connectivity index (χ0v) is 10.4. The number of esters is 1. The van der Waals surface area contributed by atoms with Crippen LogP contribution in [0.15, 0.2) is 30.3 Å². The van der Waals surface area contributed by atoms with E-state index in [1.165, 1.54) is 0 Å². The van der Waals surface area contributed by atoms with E-state index < -0.39 is 17.5 Å². The highest BCUT2D eigenvalue weighted by Gasteiger charge is 2.79. The van der Waals surface area contributed by atoms with E-state index in [1.807, 2.05) is 6.07 Å². The van der Waals surface area contributed by atoms with E-state index in [2.05, 4.69) is 0 Å². The summed E-state index contributed by atoms with van der Waals surface area (Å²) in [7, 11) is 0. The van der Waals surface area contributed by atoms with Crippen molar-refractivity contribution in [3.63, 3.8) is 0 Å². The summed E-state index contributed by atoms with van der Waals surface area (Å²) >= 11 is 0. The van der Waals surface area contributed by atoms with Crippen molar-refractivity contribution in [3.8, 4) is 0 Å². The summed E-state index contributed by atoms with van der Waals surface area (Å²) in [5.41, 5.74) is 0.586.